The van der Waals surface area contributed by atoms with Gasteiger partial charge in [0.25, 0.3) is 11.5 Å². The highest BCUT2D eigenvalue weighted by Crippen LogP contribution is 2.18. The number of esters is 1. The molecule has 7 heteroatoms. The summed E-state index contributed by atoms with van der Waals surface area (Å²) in [6.45, 7) is 0.207. The predicted molar refractivity (Wildman–Crippen MR) is 97.8 cm³/mol. The fraction of sp³-hybridized carbons (Fsp3) is 0.100. The van der Waals surface area contributed by atoms with Gasteiger partial charge in [0.15, 0.2) is 5.69 Å². The Morgan fingerprint density at radius 2 is 1.59 bits per heavy atom. The maximum atomic E-state index is 12.4. The van der Waals surface area contributed by atoms with Crippen molar-refractivity contribution in [3.63, 3.8) is 0 Å². The minimum absolute atomic E-state index is 0.0901. The summed E-state index contributed by atoms with van der Waals surface area (Å²) in [5.41, 5.74) is 6.23. The van der Waals surface area contributed by atoms with Gasteiger partial charge in [-0.05, 0) is 11.6 Å². The molecule has 0 unspecified atom stereocenters. The largest absolute Gasteiger partial charge is 0.443 e. The van der Waals surface area contributed by atoms with Crippen molar-refractivity contribution in [3.8, 4) is 0 Å². The molecule has 0 saturated carbocycles. The highest BCUT2D eigenvalue weighted by atomic mass is 16.5. The third-order valence-electron chi connectivity index (χ3n) is 3.84. The Labute approximate surface area is 155 Å². The summed E-state index contributed by atoms with van der Waals surface area (Å²) in [4.78, 5) is 36.2. The minimum atomic E-state index is -1.24. The van der Waals surface area contributed by atoms with Crippen LogP contribution in [0.4, 0.5) is 0 Å². The van der Waals surface area contributed by atoms with Gasteiger partial charge in [-0.3, -0.25) is 9.59 Å². The molecule has 0 bridgehead atoms. The van der Waals surface area contributed by atoms with Crippen molar-refractivity contribution in [2.45, 2.75) is 12.6 Å². The van der Waals surface area contributed by atoms with E-state index in [1.807, 2.05) is 30.3 Å². The highest BCUT2D eigenvalue weighted by molar-refractivity contribution is 5.90. The molecule has 0 radical (unpaired) electrons. The Balaban J connectivity index is 1.83. The van der Waals surface area contributed by atoms with Gasteiger partial charge in [0.1, 0.15) is 0 Å². The van der Waals surface area contributed by atoms with Crippen LogP contribution in [0.5, 0.6) is 0 Å². The lowest BCUT2D eigenvalue weighted by Gasteiger charge is -2.15. The van der Waals surface area contributed by atoms with Gasteiger partial charge in [0, 0.05) is 11.6 Å². The van der Waals surface area contributed by atoms with Crippen LogP contribution in [0.25, 0.3) is 0 Å². The van der Waals surface area contributed by atoms with E-state index in [4.69, 9.17) is 10.5 Å². The molecule has 1 amide bonds. The van der Waals surface area contributed by atoms with Gasteiger partial charge < -0.3 is 10.5 Å². The molecule has 7 nitrogen and oxygen atoms in total. The van der Waals surface area contributed by atoms with Crippen LogP contribution in [0, 0.1) is 0 Å². The molecule has 0 fully saturated rings. The lowest BCUT2D eigenvalue weighted by atomic mass is 10.1. The number of nitrogens with two attached hydrogens (primary N) is 1. The molecule has 0 aliphatic rings. The van der Waals surface area contributed by atoms with E-state index in [0.717, 1.165) is 10.2 Å². The summed E-state index contributed by atoms with van der Waals surface area (Å²) in [7, 11) is 0. The molecule has 3 rings (SSSR count). The van der Waals surface area contributed by atoms with E-state index < -0.39 is 18.0 Å². The zero-order valence-corrected chi connectivity index (χ0v) is 14.3. The van der Waals surface area contributed by atoms with Crippen molar-refractivity contribution < 1.29 is 14.3 Å². The molecule has 1 aromatic heterocycles. The van der Waals surface area contributed by atoms with E-state index in [2.05, 4.69) is 5.10 Å². The van der Waals surface area contributed by atoms with Gasteiger partial charge >= 0.3 is 5.97 Å². The molecule has 0 aliphatic carbocycles. The van der Waals surface area contributed by atoms with E-state index in [1.54, 1.807) is 30.3 Å². The molecular formula is C20H17N3O4. The van der Waals surface area contributed by atoms with Gasteiger partial charge in [0.05, 0.1) is 6.54 Å². The lowest BCUT2D eigenvalue weighted by molar-refractivity contribution is -0.127. The van der Waals surface area contributed by atoms with Crippen molar-refractivity contribution in [1.82, 2.24) is 9.78 Å². The minimum Gasteiger partial charge on any atom is -0.443 e. The van der Waals surface area contributed by atoms with Crippen LogP contribution in [0.15, 0.2) is 77.6 Å². The smallest absolute Gasteiger partial charge is 0.359 e. The molecule has 0 spiro atoms. The van der Waals surface area contributed by atoms with Crippen LogP contribution >= 0.6 is 0 Å². The first-order chi connectivity index (χ1) is 13.0. The summed E-state index contributed by atoms with van der Waals surface area (Å²) >= 11 is 0. The summed E-state index contributed by atoms with van der Waals surface area (Å²) < 4.78 is 6.40. The summed E-state index contributed by atoms with van der Waals surface area (Å²) in [6, 6.07) is 20.2. The topological polar surface area (TPSA) is 104 Å². The second-order valence-corrected chi connectivity index (χ2v) is 5.80. The van der Waals surface area contributed by atoms with Crippen molar-refractivity contribution >= 4 is 11.9 Å². The van der Waals surface area contributed by atoms with Crippen LogP contribution in [0.1, 0.15) is 27.7 Å². The number of benzene rings is 2. The predicted octanol–water partition coefficient (Wildman–Crippen LogP) is 1.67. The zero-order chi connectivity index (χ0) is 19.2. The Morgan fingerprint density at radius 3 is 2.22 bits per heavy atom. The fourth-order valence-corrected chi connectivity index (χ4v) is 2.51. The first kappa shape index (κ1) is 18.1. The maximum absolute atomic E-state index is 12.4. The number of nitrogens with zero attached hydrogens (tertiary/aromatic N) is 2. The first-order valence-electron chi connectivity index (χ1n) is 8.22. The highest BCUT2D eigenvalue weighted by Gasteiger charge is 2.24. The number of amides is 1. The van der Waals surface area contributed by atoms with E-state index >= 15 is 0 Å². The van der Waals surface area contributed by atoms with Gasteiger partial charge in [-0.1, -0.05) is 60.7 Å². The number of carbonyl (C=O) groups is 2. The molecule has 2 aromatic carbocycles. The molecule has 27 heavy (non-hydrogen) atoms. The van der Waals surface area contributed by atoms with Crippen LogP contribution in [0.2, 0.25) is 0 Å². The van der Waals surface area contributed by atoms with Crippen LogP contribution in [0.3, 0.4) is 0 Å². The molecule has 0 aliphatic heterocycles. The Kier molecular flexibility index (Phi) is 5.41. The number of hydrogen-bond acceptors (Lipinski definition) is 5. The average Bonchev–Trinajstić information content (AvgIpc) is 2.69. The van der Waals surface area contributed by atoms with Crippen molar-refractivity contribution in [1.29, 1.82) is 0 Å². The van der Waals surface area contributed by atoms with Crippen LogP contribution in [-0.4, -0.2) is 21.7 Å². The Morgan fingerprint density at radius 1 is 0.963 bits per heavy atom. The van der Waals surface area contributed by atoms with E-state index in [0.29, 0.717) is 5.56 Å². The van der Waals surface area contributed by atoms with Crippen molar-refractivity contribution in [3.05, 3.63) is 100.0 Å². The first-order valence-corrected chi connectivity index (χ1v) is 8.22. The third-order valence-corrected chi connectivity index (χ3v) is 3.84. The van der Waals surface area contributed by atoms with Gasteiger partial charge in [-0.2, -0.15) is 5.10 Å². The molecule has 2 N–H and O–H groups in total. The van der Waals surface area contributed by atoms with E-state index in [9.17, 15) is 14.4 Å². The second kappa shape index (κ2) is 8.09. The van der Waals surface area contributed by atoms with Crippen molar-refractivity contribution in [2.24, 2.45) is 5.73 Å². The third kappa shape index (κ3) is 4.46. The monoisotopic (exact) mass is 363 g/mol. The van der Waals surface area contributed by atoms with Gasteiger partial charge in [0.2, 0.25) is 6.10 Å². The maximum Gasteiger partial charge on any atom is 0.359 e. The lowest BCUT2D eigenvalue weighted by Crippen LogP contribution is -2.29. The average molecular weight is 363 g/mol. The fourth-order valence-electron chi connectivity index (χ4n) is 2.51. The molecule has 3 aromatic rings. The van der Waals surface area contributed by atoms with Gasteiger partial charge in [-0.15, -0.1) is 0 Å². The van der Waals surface area contributed by atoms with Gasteiger partial charge in [-0.25, -0.2) is 9.48 Å². The number of aromatic nitrogens is 2. The SMILES string of the molecule is NC(=O)[C@H](OC(=O)c1ccc(=O)n(Cc2ccccc2)n1)c1ccccc1. The summed E-state index contributed by atoms with van der Waals surface area (Å²) in [6.07, 6.45) is -1.24. The van der Waals surface area contributed by atoms with Crippen LogP contribution in [-0.2, 0) is 16.1 Å². The number of rotatable bonds is 6. The molecular weight excluding hydrogens is 346 g/mol. The molecule has 0 saturated heterocycles. The second-order valence-electron chi connectivity index (χ2n) is 5.80. The number of primary amides is 1. The number of hydrogen-bond donors (Lipinski definition) is 1. The van der Waals surface area contributed by atoms with Crippen LogP contribution < -0.4 is 11.3 Å². The van der Waals surface area contributed by atoms with Crippen molar-refractivity contribution in [2.75, 3.05) is 0 Å². The summed E-state index contributed by atoms with van der Waals surface area (Å²) in [5, 5.41) is 4.05. The standard InChI is InChI=1S/C20H17N3O4/c21-19(25)18(15-9-5-2-6-10-15)27-20(26)16-11-12-17(24)23(22-16)13-14-7-3-1-4-8-14/h1-12,18H,13H2,(H2,21,25)/t18-/m1/s1. The Bertz CT molecular complexity index is 1000. The molecule has 1 atom stereocenters. The molecule has 1 heterocycles. The number of carbonyl (C=O) groups excluding carboxylic acids is 2. The quantitative estimate of drug-likeness (QED) is 0.671. The van der Waals surface area contributed by atoms with E-state index in [1.165, 1.54) is 12.1 Å². The summed E-state index contributed by atoms with van der Waals surface area (Å²) in [5.74, 6) is -1.64. The Hall–Kier alpha value is -3.74. The number of ether oxygens (including phenoxy) is 1. The zero-order valence-electron chi connectivity index (χ0n) is 14.3. The molecule has 136 valence electrons. The normalized spacial score (nSPS) is 11.6. The van der Waals surface area contributed by atoms with E-state index in [-0.39, 0.29) is 17.8 Å².